The van der Waals surface area contributed by atoms with Crippen LogP contribution in [0.2, 0.25) is 0 Å². The van der Waals surface area contributed by atoms with Gasteiger partial charge in [-0.2, -0.15) is 0 Å². The van der Waals surface area contributed by atoms with Crippen molar-refractivity contribution in [1.82, 2.24) is 5.32 Å². The zero-order valence-electron chi connectivity index (χ0n) is 15.8. The maximum Gasteiger partial charge on any atom is 0.291 e. The normalized spacial score (nSPS) is 10.9. The Labute approximate surface area is 157 Å². The van der Waals surface area contributed by atoms with Gasteiger partial charge in [0.2, 0.25) is 0 Å². The highest BCUT2D eigenvalue weighted by molar-refractivity contribution is 6.06. The number of nitrogens with one attached hydrogen (secondary N) is 2. The van der Waals surface area contributed by atoms with E-state index >= 15 is 0 Å². The van der Waals surface area contributed by atoms with Crippen molar-refractivity contribution < 1.29 is 18.7 Å². The molecule has 2 N–H and O–H groups in total. The lowest BCUT2D eigenvalue weighted by molar-refractivity contribution is 0.0942. The lowest BCUT2D eigenvalue weighted by Crippen LogP contribution is -2.30. The molecule has 3 aromatic rings. The van der Waals surface area contributed by atoms with Crippen LogP contribution in [0.1, 0.15) is 40.3 Å². The van der Waals surface area contributed by atoms with Gasteiger partial charge in [0.1, 0.15) is 11.3 Å². The molecule has 3 rings (SSSR count). The van der Waals surface area contributed by atoms with Crippen molar-refractivity contribution in [3.8, 4) is 5.75 Å². The van der Waals surface area contributed by atoms with Gasteiger partial charge in [0.15, 0.2) is 5.76 Å². The minimum Gasteiger partial charge on any atom is -0.497 e. The first-order valence-electron chi connectivity index (χ1n) is 8.68. The lowest BCUT2D eigenvalue weighted by Gasteiger charge is -2.09. The Balaban J connectivity index is 1.78. The highest BCUT2D eigenvalue weighted by Gasteiger charge is 2.18. The number of ether oxygens (including phenoxy) is 1. The van der Waals surface area contributed by atoms with Crippen LogP contribution in [0.15, 0.2) is 46.9 Å². The summed E-state index contributed by atoms with van der Waals surface area (Å²) in [6.45, 7) is 5.63. The fraction of sp³-hybridized carbons (Fsp3) is 0.238. The molecule has 0 saturated carbocycles. The third kappa shape index (κ3) is 3.95. The van der Waals surface area contributed by atoms with Crippen molar-refractivity contribution in [2.75, 3.05) is 12.4 Å². The van der Waals surface area contributed by atoms with Gasteiger partial charge in [-0.1, -0.05) is 0 Å². The van der Waals surface area contributed by atoms with Gasteiger partial charge in [0, 0.05) is 28.2 Å². The van der Waals surface area contributed by atoms with E-state index in [1.165, 1.54) is 0 Å². The summed E-state index contributed by atoms with van der Waals surface area (Å²) in [6, 6.07) is 12.2. The highest BCUT2D eigenvalue weighted by atomic mass is 16.5. The Bertz CT molecular complexity index is 987. The molecule has 6 nitrogen and oxygen atoms in total. The van der Waals surface area contributed by atoms with Gasteiger partial charge >= 0.3 is 0 Å². The molecule has 27 heavy (non-hydrogen) atoms. The van der Waals surface area contributed by atoms with Gasteiger partial charge in [-0.3, -0.25) is 9.59 Å². The Morgan fingerprint density at radius 1 is 1.04 bits per heavy atom. The summed E-state index contributed by atoms with van der Waals surface area (Å²) < 4.78 is 10.9. The minimum absolute atomic E-state index is 0.0616. The number of furan rings is 1. The molecule has 0 bridgehead atoms. The molecular formula is C21H22N2O4. The van der Waals surface area contributed by atoms with Crippen LogP contribution in [-0.4, -0.2) is 25.0 Å². The van der Waals surface area contributed by atoms with E-state index in [1.54, 1.807) is 43.5 Å². The average molecular weight is 366 g/mol. The number of amides is 2. The number of benzene rings is 2. The molecule has 140 valence electrons. The van der Waals surface area contributed by atoms with Crippen LogP contribution in [0.4, 0.5) is 5.69 Å². The van der Waals surface area contributed by atoms with Crippen molar-refractivity contribution in [2.45, 2.75) is 26.8 Å². The van der Waals surface area contributed by atoms with Crippen LogP contribution in [-0.2, 0) is 0 Å². The number of methoxy groups -OCH3 is 1. The first kappa shape index (κ1) is 18.5. The zero-order chi connectivity index (χ0) is 19.6. The summed E-state index contributed by atoms with van der Waals surface area (Å²) in [4.78, 5) is 24.6. The van der Waals surface area contributed by atoms with Crippen molar-refractivity contribution in [3.63, 3.8) is 0 Å². The second-order valence-corrected chi connectivity index (χ2v) is 6.58. The largest absolute Gasteiger partial charge is 0.497 e. The molecule has 0 spiro atoms. The van der Waals surface area contributed by atoms with E-state index in [0.29, 0.717) is 22.6 Å². The summed E-state index contributed by atoms with van der Waals surface area (Å²) in [5, 5.41) is 6.46. The van der Waals surface area contributed by atoms with Crippen LogP contribution in [0.5, 0.6) is 5.75 Å². The first-order valence-corrected chi connectivity index (χ1v) is 8.68. The molecule has 0 aliphatic rings. The van der Waals surface area contributed by atoms with E-state index in [2.05, 4.69) is 10.6 Å². The van der Waals surface area contributed by atoms with Crippen LogP contribution < -0.4 is 15.4 Å². The standard InChI is InChI=1S/C21H22N2O4/c1-12(2)22-20(24)14-5-7-15(8-6-14)23-21(25)19-13(3)17-11-16(26-4)9-10-18(17)27-19/h5-12H,1-4H3,(H,22,24)(H,23,25). The van der Waals surface area contributed by atoms with Crippen LogP contribution in [0.3, 0.4) is 0 Å². The predicted octanol–water partition coefficient (Wildman–Crippen LogP) is 4.14. The topological polar surface area (TPSA) is 80.6 Å². The maximum atomic E-state index is 12.6. The van der Waals surface area contributed by atoms with E-state index in [4.69, 9.17) is 9.15 Å². The summed E-state index contributed by atoms with van der Waals surface area (Å²) in [5.41, 5.74) is 2.49. The fourth-order valence-corrected chi connectivity index (χ4v) is 2.78. The summed E-state index contributed by atoms with van der Waals surface area (Å²) in [5.74, 6) is 0.459. The van der Waals surface area contributed by atoms with Crippen LogP contribution in [0, 0.1) is 6.92 Å². The monoisotopic (exact) mass is 366 g/mol. The van der Waals surface area contributed by atoms with E-state index in [-0.39, 0.29) is 23.6 Å². The molecule has 2 aromatic carbocycles. The van der Waals surface area contributed by atoms with Crippen LogP contribution in [0.25, 0.3) is 11.0 Å². The molecule has 1 aromatic heterocycles. The van der Waals surface area contributed by atoms with E-state index in [0.717, 1.165) is 10.9 Å². The van der Waals surface area contributed by atoms with Gasteiger partial charge in [-0.25, -0.2) is 0 Å². The molecule has 0 fully saturated rings. The predicted molar refractivity (Wildman–Crippen MR) is 105 cm³/mol. The molecule has 0 aliphatic heterocycles. The second-order valence-electron chi connectivity index (χ2n) is 6.58. The molecule has 0 saturated heterocycles. The molecule has 0 unspecified atom stereocenters. The van der Waals surface area contributed by atoms with Crippen molar-refractivity contribution in [3.05, 3.63) is 59.4 Å². The number of carbonyl (C=O) groups excluding carboxylic acids is 2. The smallest absolute Gasteiger partial charge is 0.291 e. The van der Waals surface area contributed by atoms with Crippen molar-refractivity contribution >= 4 is 28.5 Å². The van der Waals surface area contributed by atoms with Gasteiger partial charge in [-0.15, -0.1) is 0 Å². The quantitative estimate of drug-likeness (QED) is 0.711. The summed E-state index contributed by atoms with van der Waals surface area (Å²) >= 11 is 0. The zero-order valence-corrected chi connectivity index (χ0v) is 15.8. The molecule has 1 heterocycles. The second kappa shape index (κ2) is 7.53. The number of rotatable bonds is 5. The molecule has 2 amide bonds. The number of anilines is 1. The van der Waals surface area contributed by atoms with Gasteiger partial charge in [0.25, 0.3) is 11.8 Å². The molecule has 0 aliphatic carbocycles. The minimum atomic E-state index is -0.345. The van der Waals surface area contributed by atoms with Crippen molar-refractivity contribution in [1.29, 1.82) is 0 Å². The van der Waals surface area contributed by atoms with E-state index in [9.17, 15) is 9.59 Å². The van der Waals surface area contributed by atoms with Gasteiger partial charge in [0.05, 0.1) is 7.11 Å². The Morgan fingerprint density at radius 2 is 1.74 bits per heavy atom. The third-order valence-electron chi connectivity index (χ3n) is 4.17. The summed E-state index contributed by atoms with van der Waals surface area (Å²) in [6.07, 6.45) is 0. The van der Waals surface area contributed by atoms with E-state index < -0.39 is 0 Å². The number of hydrogen-bond acceptors (Lipinski definition) is 4. The van der Waals surface area contributed by atoms with E-state index in [1.807, 2.05) is 26.8 Å². The van der Waals surface area contributed by atoms with Crippen LogP contribution >= 0.6 is 0 Å². The average Bonchev–Trinajstić information content (AvgIpc) is 2.98. The number of aryl methyl sites for hydroxylation is 1. The SMILES string of the molecule is COc1ccc2oc(C(=O)Nc3ccc(C(=O)NC(C)C)cc3)c(C)c2c1. The van der Waals surface area contributed by atoms with Crippen molar-refractivity contribution in [2.24, 2.45) is 0 Å². The molecule has 6 heteroatoms. The number of hydrogen-bond donors (Lipinski definition) is 2. The molecule has 0 atom stereocenters. The first-order chi connectivity index (χ1) is 12.9. The highest BCUT2D eigenvalue weighted by Crippen LogP contribution is 2.29. The lowest BCUT2D eigenvalue weighted by atomic mass is 10.1. The number of carbonyl (C=O) groups is 2. The Hall–Kier alpha value is -3.28. The Morgan fingerprint density at radius 3 is 2.37 bits per heavy atom. The molecule has 0 radical (unpaired) electrons. The maximum absolute atomic E-state index is 12.6. The molecular weight excluding hydrogens is 344 g/mol. The third-order valence-corrected chi connectivity index (χ3v) is 4.17. The van der Waals surface area contributed by atoms with Gasteiger partial charge < -0.3 is 19.8 Å². The van der Waals surface area contributed by atoms with Gasteiger partial charge in [-0.05, 0) is 63.2 Å². The Kier molecular flexibility index (Phi) is 5.16. The fourth-order valence-electron chi connectivity index (χ4n) is 2.78. The number of fused-ring (bicyclic) bond motifs is 1. The summed E-state index contributed by atoms with van der Waals surface area (Å²) in [7, 11) is 1.59.